The van der Waals surface area contributed by atoms with Crippen LogP contribution in [0.2, 0.25) is 0 Å². The van der Waals surface area contributed by atoms with Crippen molar-refractivity contribution in [2.75, 3.05) is 5.43 Å². The molecule has 0 fully saturated rings. The second-order valence-electron chi connectivity index (χ2n) is 6.24. The third-order valence-electron chi connectivity index (χ3n) is 4.01. The molecule has 3 aromatic carbocycles. The summed E-state index contributed by atoms with van der Waals surface area (Å²) in [6.07, 6.45) is 3.28. The fourth-order valence-corrected chi connectivity index (χ4v) is 2.61. The number of hydrazone groups is 1. The quantitative estimate of drug-likeness (QED) is 0.335. The monoisotopic (exact) mass is 403 g/mol. The van der Waals surface area contributed by atoms with Gasteiger partial charge in [-0.25, -0.2) is 0 Å². The molecule has 0 amide bonds. The highest BCUT2D eigenvalue weighted by molar-refractivity contribution is 5.86. The number of hydrogen-bond acceptors (Lipinski definition) is 7. The van der Waals surface area contributed by atoms with Crippen molar-refractivity contribution in [2.24, 2.45) is 10.1 Å². The number of nitro benzene ring substituents is 2. The molecule has 3 rings (SSSR count). The number of benzene rings is 3. The first-order valence-electron chi connectivity index (χ1n) is 8.88. The van der Waals surface area contributed by atoms with Crippen molar-refractivity contribution in [3.8, 4) is 0 Å². The molecule has 0 atom stereocenters. The van der Waals surface area contributed by atoms with Gasteiger partial charge in [0, 0.05) is 30.5 Å². The van der Waals surface area contributed by atoms with E-state index in [-0.39, 0.29) is 11.4 Å². The zero-order valence-corrected chi connectivity index (χ0v) is 15.7. The Labute approximate surface area is 171 Å². The minimum absolute atomic E-state index is 0.0165. The van der Waals surface area contributed by atoms with Gasteiger partial charge in [0.25, 0.3) is 11.4 Å². The van der Waals surface area contributed by atoms with Crippen LogP contribution in [0.5, 0.6) is 0 Å². The average molecular weight is 403 g/mol. The molecule has 9 heteroatoms. The molecule has 0 spiro atoms. The van der Waals surface area contributed by atoms with Crippen molar-refractivity contribution in [3.05, 3.63) is 110 Å². The van der Waals surface area contributed by atoms with Crippen LogP contribution < -0.4 is 5.43 Å². The maximum Gasteiger partial charge on any atom is 0.271 e. The van der Waals surface area contributed by atoms with Gasteiger partial charge in [0.2, 0.25) is 0 Å². The number of rotatable bonds is 8. The molecule has 1 N–H and O–H groups in total. The van der Waals surface area contributed by atoms with Crippen LogP contribution in [0.15, 0.2) is 82.9 Å². The Morgan fingerprint density at radius 1 is 0.800 bits per heavy atom. The molecule has 0 aliphatic carbocycles. The number of anilines is 1. The lowest BCUT2D eigenvalue weighted by atomic mass is 10.1. The number of hydrogen-bond donors (Lipinski definition) is 1. The van der Waals surface area contributed by atoms with Crippen LogP contribution in [0.25, 0.3) is 0 Å². The molecule has 0 bridgehead atoms. The van der Waals surface area contributed by atoms with Gasteiger partial charge < -0.3 is 0 Å². The van der Waals surface area contributed by atoms with Crippen LogP contribution in [0.3, 0.4) is 0 Å². The Hall–Kier alpha value is -4.40. The maximum atomic E-state index is 10.8. The number of nitrogens with one attached hydrogen (secondary N) is 1. The van der Waals surface area contributed by atoms with Gasteiger partial charge in [-0.2, -0.15) is 5.10 Å². The summed E-state index contributed by atoms with van der Waals surface area (Å²) in [5.74, 6) is 0. The van der Waals surface area contributed by atoms with Crippen molar-refractivity contribution in [3.63, 3.8) is 0 Å². The largest absolute Gasteiger partial charge is 0.288 e. The first-order chi connectivity index (χ1) is 14.5. The smallest absolute Gasteiger partial charge is 0.271 e. The van der Waals surface area contributed by atoms with Crippen LogP contribution in [-0.4, -0.2) is 22.3 Å². The van der Waals surface area contributed by atoms with Crippen molar-refractivity contribution in [1.82, 2.24) is 0 Å². The topological polar surface area (TPSA) is 123 Å². The molecule has 0 aromatic heterocycles. The summed E-state index contributed by atoms with van der Waals surface area (Å²) >= 11 is 0. The molecule has 0 unspecified atom stereocenters. The van der Waals surface area contributed by atoms with Gasteiger partial charge in [-0.15, -0.1) is 0 Å². The van der Waals surface area contributed by atoms with E-state index in [1.807, 2.05) is 24.3 Å². The van der Waals surface area contributed by atoms with Crippen LogP contribution in [-0.2, 0) is 6.54 Å². The highest BCUT2D eigenvalue weighted by Crippen LogP contribution is 2.17. The Balaban J connectivity index is 1.61. The molecule has 0 aliphatic rings. The van der Waals surface area contributed by atoms with Crippen molar-refractivity contribution >= 4 is 29.5 Å². The van der Waals surface area contributed by atoms with Crippen LogP contribution in [0, 0.1) is 20.2 Å². The van der Waals surface area contributed by atoms with E-state index in [0.717, 1.165) is 16.7 Å². The summed E-state index contributed by atoms with van der Waals surface area (Å²) in [7, 11) is 0. The van der Waals surface area contributed by atoms with Gasteiger partial charge in [-0.3, -0.25) is 30.6 Å². The molecule has 9 nitrogen and oxygen atoms in total. The average Bonchev–Trinajstić information content (AvgIpc) is 2.74. The van der Waals surface area contributed by atoms with Gasteiger partial charge in [0.1, 0.15) is 0 Å². The number of non-ortho nitro benzene ring substituents is 2. The molecular formula is C21H17N5O4. The summed E-state index contributed by atoms with van der Waals surface area (Å²) in [6.45, 7) is 0.328. The molecule has 3 aromatic rings. The minimum atomic E-state index is -0.467. The lowest BCUT2D eigenvalue weighted by molar-refractivity contribution is -0.385. The molecule has 0 saturated carbocycles. The summed E-state index contributed by atoms with van der Waals surface area (Å²) < 4.78 is 0. The Morgan fingerprint density at radius 2 is 1.43 bits per heavy atom. The summed E-state index contributed by atoms with van der Waals surface area (Å²) in [5, 5.41) is 25.7. The maximum absolute atomic E-state index is 10.8. The van der Waals surface area contributed by atoms with Crippen molar-refractivity contribution < 1.29 is 9.85 Å². The molecule has 0 saturated heterocycles. The summed E-state index contributed by atoms with van der Waals surface area (Å²) in [4.78, 5) is 25.1. The fraction of sp³-hybridized carbons (Fsp3) is 0.0476. The van der Waals surface area contributed by atoms with E-state index in [9.17, 15) is 20.2 Å². The predicted molar refractivity (Wildman–Crippen MR) is 115 cm³/mol. The van der Waals surface area contributed by atoms with E-state index in [1.54, 1.807) is 36.7 Å². The second-order valence-corrected chi connectivity index (χ2v) is 6.24. The Kier molecular flexibility index (Phi) is 6.57. The molecular weight excluding hydrogens is 386 g/mol. The normalized spacial score (nSPS) is 11.1. The standard InChI is InChI=1S/C21H17N5O4/c27-25(28)20-8-2-6-18(11-20)14-22-13-16-4-1-5-17(10-16)15-23-24-19-7-3-9-21(12-19)26(29)30/h1-13,15,24H,14H2/b22-13?,23-15+. The lowest BCUT2D eigenvalue weighted by Crippen LogP contribution is -1.93. The Morgan fingerprint density at radius 3 is 2.17 bits per heavy atom. The van der Waals surface area contributed by atoms with E-state index in [4.69, 9.17) is 0 Å². The third-order valence-corrected chi connectivity index (χ3v) is 4.01. The number of aliphatic imine (C=N–C) groups is 1. The van der Waals surface area contributed by atoms with Crippen molar-refractivity contribution in [1.29, 1.82) is 0 Å². The second kappa shape index (κ2) is 9.69. The van der Waals surface area contributed by atoms with E-state index >= 15 is 0 Å². The number of nitro groups is 2. The van der Waals surface area contributed by atoms with Gasteiger partial charge in [-0.05, 0) is 28.8 Å². The van der Waals surface area contributed by atoms with Gasteiger partial charge in [0.05, 0.1) is 28.3 Å². The van der Waals surface area contributed by atoms with Gasteiger partial charge >= 0.3 is 0 Å². The summed E-state index contributed by atoms with van der Waals surface area (Å²) in [6, 6.07) is 19.9. The van der Waals surface area contributed by atoms with E-state index in [2.05, 4.69) is 15.5 Å². The SMILES string of the molecule is O=[N+]([O-])c1cccc(CN=Cc2cccc(/C=N/Nc3cccc([N+](=O)[O-])c3)c2)c1. The van der Waals surface area contributed by atoms with E-state index in [1.165, 1.54) is 24.3 Å². The first-order valence-corrected chi connectivity index (χ1v) is 8.88. The highest BCUT2D eigenvalue weighted by Gasteiger charge is 2.05. The predicted octanol–water partition coefficient (Wildman–Crippen LogP) is 4.57. The van der Waals surface area contributed by atoms with Crippen LogP contribution in [0.4, 0.5) is 17.1 Å². The zero-order chi connectivity index (χ0) is 21.3. The first kappa shape index (κ1) is 20.3. The Bertz CT molecular complexity index is 1040. The fourth-order valence-electron chi connectivity index (χ4n) is 2.61. The molecule has 150 valence electrons. The minimum Gasteiger partial charge on any atom is -0.288 e. The molecule has 0 heterocycles. The van der Waals surface area contributed by atoms with Crippen LogP contribution in [0.1, 0.15) is 16.7 Å². The van der Waals surface area contributed by atoms with E-state index < -0.39 is 9.85 Å². The molecule has 0 aliphatic heterocycles. The number of nitrogens with zero attached hydrogens (tertiary/aromatic N) is 4. The zero-order valence-electron chi connectivity index (χ0n) is 15.7. The van der Waals surface area contributed by atoms with Gasteiger partial charge in [0.15, 0.2) is 0 Å². The molecule has 0 radical (unpaired) electrons. The molecule has 30 heavy (non-hydrogen) atoms. The van der Waals surface area contributed by atoms with Gasteiger partial charge in [-0.1, -0.05) is 36.4 Å². The highest BCUT2D eigenvalue weighted by atomic mass is 16.6. The van der Waals surface area contributed by atoms with E-state index in [0.29, 0.717) is 12.2 Å². The van der Waals surface area contributed by atoms with Crippen LogP contribution >= 0.6 is 0 Å². The lowest BCUT2D eigenvalue weighted by Gasteiger charge is -2.00. The third kappa shape index (κ3) is 5.80. The van der Waals surface area contributed by atoms with Crippen molar-refractivity contribution in [2.45, 2.75) is 6.54 Å². The summed E-state index contributed by atoms with van der Waals surface area (Å²) in [5.41, 5.74) is 5.70.